The van der Waals surface area contributed by atoms with Gasteiger partial charge in [0.2, 0.25) is 5.91 Å². The molecule has 0 aliphatic carbocycles. The highest BCUT2D eigenvalue weighted by atomic mass is 16.2. The lowest BCUT2D eigenvalue weighted by molar-refractivity contribution is -0.930. The van der Waals surface area contributed by atoms with E-state index in [1.165, 1.54) is 20.9 Å². The predicted molar refractivity (Wildman–Crippen MR) is 95.0 cm³/mol. The first-order chi connectivity index (χ1) is 12.2. The molecule has 0 radical (unpaired) electrons. The number of rotatable bonds is 4. The molecule has 0 spiro atoms. The summed E-state index contributed by atoms with van der Waals surface area (Å²) in [5.41, 5.74) is 3.85. The molecule has 2 aromatic rings. The number of imide groups is 1. The number of quaternary nitrogens is 1. The first kappa shape index (κ1) is 16.0. The second-order valence-electron chi connectivity index (χ2n) is 6.98. The van der Waals surface area contributed by atoms with Crippen molar-refractivity contribution >= 4 is 11.8 Å². The average molecular weight is 335 g/mol. The SMILES string of the molecule is O=C1C[C@@H]([NH+]2CCc3ccccc3C2)C(=O)N1CCc1ccccc1. The number of benzene rings is 2. The van der Waals surface area contributed by atoms with Crippen molar-refractivity contribution in [2.24, 2.45) is 0 Å². The van der Waals surface area contributed by atoms with Crippen LogP contribution < -0.4 is 4.90 Å². The Morgan fingerprint density at radius 3 is 2.48 bits per heavy atom. The van der Waals surface area contributed by atoms with Crippen molar-refractivity contribution in [3.8, 4) is 0 Å². The molecule has 0 aromatic heterocycles. The Morgan fingerprint density at radius 1 is 0.960 bits per heavy atom. The van der Waals surface area contributed by atoms with Gasteiger partial charge >= 0.3 is 0 Å². The Kier molecular flexibility index (Phi) is 4.36. The van der Waals surface area contributed by atoms with Gasteiger partial charge in [0.1, 0.15) is 6.54 Å². The van der Waals surface area contributed by atoms with Gasteiger partial charge in [-0.05, 0) is 17.5 Å². The van der Waals surface area contributed by atoms with Crippen molar-refractivity contribution in [2.75, 3.05) is 13.1 Å². The average Bonchev–Trinajstić information content (AvgIpc) is 2.94. The van der Waals surface area contributed by atoms with E-state index >= 15 is 0 Å². The quantitative estimate of drug-likeness (QED) is 0.847. The molecular weight excluding hydrogens is 312 g/mol. The Hall–Kier alpha value is -2.46. The maximum absolute atomic E-state index is 12.8. The van der Waals surface area contributed by atoms with Crippen LogP contribution in [0.5, 0.6) is 0 Å². The number of likely N-dealkylation sites (tertiary alicyclic amines) is 1. The zero-order valence-electron chi connectivity index (χ0n) is 14.3. The molecular formula is C21H23N2O2+. The fraction of sp³-hybridized carbons (Fsp3) is 0.333. The standard InChI is InChI=1S/C21H22N2O2/c24-20-14-19(22-12-11-17-8-4-5-9-18(17)15-22)21(25)23(20)13-10-16-6-2-1-3-7-16/h1-9,19H,10-15H2/p+1/t19-/m1/s1. The molecule has 2 aliphatic rings. The maximum Gasteiger partial charge on any atom is 0.288 e. The summed E-state index contributed by atoms with van der Waals surface area (Å²) in [7, 11) is 0. The van der Waals surface area contributed by atoms with E-state index < -0.39 is 0 Å². The van der Waals surface area contributed by atoms with Gasteiger partial charge in [0.05, 0.1) is 13.0 Å². The van der Waals surface area contributed by atoms with Crippen molar-refractivity contribution in [2.45, 2.75) is 31.8 Å². The number of hydrogen-bond acceptors (Lipinski definition) is 2. The van der Waals surface area contributed by atoms with Crippen molar-refractivity contribution in [3.05, 3.63) is 71.3 Å². The number of carbonyl (C=O) groups is 2. The third-order valence-corrected chi connectivity index (χ3v) is 5.45. The third-order valence-electron chi connectivity index (χ3n) is 5.45. The highest BCUT2D eigenvalue weighted by molar-refractivity contribution is 6.04. The molecule has 2 aromatic carbocycles. The zero-order chi connectivity index (χ0) is 17.2. The van der Waals surface area contributed by atoms with E-state index in [1.807, 2.05) is 30.3 Å². The van der Waals surface area contributed by atoms with Crippen molar-refractivity contribution in [1.82, 2.24) is 4.90 Å². The van der Waals surface area contributed by atoms with Crippen LogP contribution in [0, 0.1) is 0 Å². The van der Waals surface area contributed by atoms with Gasteiger partial charge in [-0.1, -0.05) is 54.6 Å². The van der Waals surface area contributed by atoms with Crippen LogP contribution in [-0.2, 0) is 29.0 Å². The smallest absolute Gasteiger partial charge is 0.288 e. The second kappa shape index (κ2) is 6.81. The van der Waals surface area contributed by atoms with Crippen molar-refractivity contribution in [1.29, 1.82) is 0 Å². The van der Waals surface area contributed by atoms with Crippen LogP contribution in [0.3, 0.4) is 0 Å². The predicted octanol–water partition coefficient (Wildman–Crippen LogP) is 0.998. The van der Waals surface area contributed by atoms with Crippen LogP contribution in [0.15, 0.2) is 54.6 Å². The largest absolute Gasteiger partial charge is 0.320 e. The molecule has 128 valence electrons. The Bertz CT molecular complexity index is 787. The van der Waals surface area contributed by atoms with Crippen LogP contribution in [0.2, 0.25) is 0 Å². The maximum atomic E-state index is 12.8. The van der Waals surface area contributed by atoms with E-state index in [9.17, 15) is 9.59 Å². The van der Waals surface area contributed by atoms with Gasteiger partial charge in [-0.2, -0.15) is 0 Å². The summed E-state index contributed by atoms with van der Waals surface area (Å²) < 4.78 is 0. The monoisotopic (exact) mass is 335 g/mol. The van der Waals surface area contributed by atoms with Crippen LogP contribution in [0.4, 0.5) is 0 Å². The summed E-state index contributed by atoms with van der Waals surface area (Å²) in [6.45, 7) is 2.25. The van der Waals surface area contributed by atoms with Gasteiger partial charge in [0, 0.05) is 18.5 Å². The molecule has 2 aliphatic heterocycles. The van der Waals surface area contributed by atoms with E-state index in [-0.39, 0.29) is 17.9 Å². The van der Waals surface area contributed by atoms with Crippen LogP contribution in [0.1, 0.15) is 23.1 Å². The zero-order valence-corrected chi connectivity index (χ0v) is 14.3. The van der Waals surface area contributed by atoms with E-state index in [1.54, 1.807) is 0 Å². The van der Waals surface area contributed by atoms with Crippen molar-refractivity contribution < 1.29 is 14.5 Å². The summed E-state index contributed by atoms with van der Waals surface area (Å²) in [5.74, 6) is -0.00685. The normalized spacial score (nSPS) is 23.0. The van der Waals surface area contributed by atoms with Gasteiger partial charge in [-0.3, -0.25) is 14.5 Å². The van der Waals surface area contributed by atoms with Crippen molar-refractivity contribution in [3.63, 3.8) is 0 Å². The Labute approximate surface area is 148 Å². The number of nitrogens with one attached hydrogen (secondary N) is 1. The summed E-state index contributed by atoms with van der Waals surface area (Å²) >= 11 is 0. The summed E-state index contributed by atoms with van der Waals surface area (Å²) in [4.78, 5) is 27.9. The topological polar surface area (TPSA) is 41.8 Å². The molecule has 1 fully saturated rings. The van der Waals surface area contributed by atoms with Gasteiger partial charge in [0.25, 0.3) is 5.91 Å². The molecule has 0 saturated carbocycles. The lowest BCUT2D eigenvalue weighted by Crippen LogP contribution is -3.16. The van der Waals surface area contributed by atoms with E-state index in [2.05, 4.69) is 24.3 Å². The highest BCUT2D eigenvalue weighted by Crippen LogP contribution is 2.16. The molecule has 2 atom stereocenters. The molecule has 4 rings (SSSR count). The molecule has 2 amide bonds. The minimum atomic E-state index is -0.211. The minimum absolute atomic E-state index is 0.00955. The molecule has 2 heterocycles. The Balaban J connectivity index is 1.43. The third kappa shape index (κ3) is 3.22. The van der Waals surface area contributed by atoms with Crippen LogP contribution in [0.25, 0.3) is 0 Å². The van der Waals surface area contributed by atoms with E-state index in [0.29, 0.717) is 13.0 Å². The summed E-state index contributed by atoms with van der Waals surface area (Å²) in [5, 5.41) is 0. The molecule has 25 heavy (non-hydrogen) atoms. The lowest BCUT2D eigenvalue weighted by atomic mass is 9.98. The van der Waals surface area contributed by atoms with Crippen LogP contribution in [-0.4, -0.2) is 35.8 Å². The number of hydrogen-bond donors (Lipinski definition) is 1. The Morgan fingerprint density at radius 2 is 1.68 bits per heavy atom. The van der Waals surface area contributed by atoms with E-state index in [0.717, 1.165) is 31.5 Å². The number of carbonyl (C=O) groups excluding carboxylic acids is 2. The minimum Gasteiger partial charge on any atom is -0.320 e. The molecule has 1 unspecified atom stereocenters. The molecule has 4 heteroatoms. The van der Waals surface area contributed by atoms with Gasteiger partial charge in [-0.25, -0.2) is 0 Å². The molecule has 4 nitrogen and oxygen atoms in total. The molecule has 0 bridgehead atoms. The van der Waals surface area contributed by atoms with Gasteiger partial charge < -0.3 is 4.90 Å². The van der Waals surface area contributed by atoms with Crippen LogP contribution >= 0.6 is 0 Å². The first-order valence-corrected chi connectivity index (χ1v) is 9.02. The fourth-order valence-corrected chi connectivity index (χ4v) is 4.02. The highest BCUT2D eigenvalue weighted by Gasteiger charge is 2.45. The van der Waals surface area contributed by atoms with Gasteiger partial charge in [0.15, 0.2) is 6.04 Å². The summed E-state index contributed by atoms with van der Waals surface area (Å²) in [6.07, 6.45) is 2.06. The first-order valence-electron chi connectivity index (χ1n) is 9.02. The number of fused-ring (bicyclic) bond motifs is 1. The molecule has 1 saturated heterocycles. The van der Waals surface area contributed by atoms with E-state index in [4.69, 9.17) is 0 Å². The lowest BCUT2D eigenvalue weighted by Gasteiger charge is -2.29. The number of amides is 2. The molecule has 1 N–H and O–H groups in total. The second-order valence-corrected chi connectivity index (χ2v) is 6.98. The van der Waals surface area contributed by atoms with Gasteiger partial charge in [-0.15, -0.1) is 0 Å². The fourth-order valence-electron chi connectivity index (χ4n) is 4.02. The summed E-state index contributed by atoms with van der Waals surface area (Å²) in [6, 6.07) is 18.2. The number of nitrogens with zero attached hydrogens (tertiary/aromatic N) is 1.